The van der Waals surface area contributed by atoms with E-state index < -0.39 is 0 Å². The van der Waals surface area contributed by atoms with Crippen LogP contribution in [0.25, 0.3) is 0 Å². The first-order valence-corrected chi connectivity index (χ1v) is 11.1. The molecular formula is C26H28N2O5. The highest BCUT2D eigenvalue weighted by atomic mass is 16.5. The Labute approximate surface area is 193 Å². The Kier molecular flexibility index (Phi) is 6.98. The number of anilines is 1. The van der Waals surface area contributed by atoms with Crippen molar-refractivity contribution in [3.63, 3.8) is 0 Å². The van der Waals surface area contributed by atoms with Crippen molar-refractivity contribution in [1.29, 1.82) is 0 Å². The summed E-state index contributed by atoms with van der Waals surface area (Å²) in [6.45, 7) is 1.92. The molecule has 1 atom stereocenters. The minimum atomic E-state index is -0.347. The minimum absolute atomic E-state index is 0.211. The Hall–Kier alpha value is -3.74. The number of furan rings is 1. The molecule has 33 heavy (non-hydrogen) atoms. The molecular weight excluding hydrogens is 420 g/mol. The molecule has 1 aliphatic rings. The molecule has 1 unspecified atom stereocenters. The Balaban J connectivity index is 1.37. The highest BCUT2D eigenvalue weighted by Crippen LogP contribution is 2.33. The number of hydrogen-bond acceptors (Lipinski definition) is 5. The summed E-state index contributed by atoms with van der Waals surface area (Å²) in [7, 11) is 1.62. The Morgan fingerprint density at radius 1 is 1.00 bits per heavy atom. The van der Waals surface area contributed by atoms with Gasteiger partial charge in [-0.2, -0.15) is 0 Å². The first-order chi connectivity index (χ1) is 16.0. The third kappa shape index (κ3) is 5.55. The molecule has 1 saturated carbocycles. The summed E-state index contributed by atoms with van der Waals surface area (Å²) < 4.78 is 16.7. The average molecular weight is 449 g/mol. The fourth-order valence-corrected chi connectivity index (χ4v) is 3.91. The molecule has 0 spiro atoms. The van der Waals surface area contributed by atoms with Gasteiger partial charge in [-0.05, 0) is 86.7 Å². The molecule has 1 heterocycles. The number of nitrogens with one attached hydrogen (secondary N) is 2. The summed E-state index contributed by atoms with van der Waals surface area (Å²) in [5, 5.41) is 5.73. The summed E-state index contributed by atoms with van der Waals surface area (Å²) in [6.07, 6.45) is 6.23. The smallest absolute Gasteiger partial charge is 0.291 e. The van der Waals surface area contributed by atoms with Crippen molar-refractivity contribution in [1.82, 2.24) is 5.32 Å². The maximum atomic E-state index is 12.7. The molecule has 172 valence electrons. The van der Waals surface area contributed by atoms with Crippen LogP contribution < -0.4 is 20.1 Å². The van der Waals surface area contributed by atoms with E-state index in [1.54, 1.807) is 43.5 Å². The lowest BCUT2D eigenvalue weighted by Gasteiger charge is -2.19. The summed E-state index contributed by atoms with van der Waals surface area (Å²) >= 11 is 0. The standard InChI is InChI=1S/C26H28N2O5/c1-17(19-11-14-22(24(16-19)31-2)33-21-6-3-4-7-21)27-25(29)18-9-12-20(13-10-18)28-26(30)23-8-5-15-32-23/h5,8-17,21H,3-4,6-7H2,1-2H3,(H,27,29)(H,28,30). The van der Waals surface area contributed by atoms with Crippen LogP contribution in [0.3, 0.4) is 0 Å². The van der Waals surface area contributed by atoms with Gasteiger partial charge in [0.25, 0.3) is 11.8 Å². The summed E-state index contributed by atoms with van der Waals surface area (Å²) in [6, 6.07) is 15.5. The zero-order valence-corrected chi connectivity index (χ0v) is 18.8. The largest absolute Gasteiger partial charge is 0.493 e. The molecule has 1 aromatic heterocycles. The minimum Gasteiger partial charge on any atom is -0.493 e. The molecule has 7 heteroatoms. The predicted octanol–water partition coefficient (Wildman–Crippen LogP) is 5.35. The SMILES string of the molecule is COc1cc(C(C)NC(=O)c2ccc(NC(=O)c3ccco3)cc2)ccc1OC1CCCC1. The van der Waals surface area contributed by atoms with Crippen LogP contribution in [0, 0.1) is 0 Å². The van der Waals surface area contributed by atoms with Gasteiger partial charge in [0.05, 0.1) is 25.5 Å². The molecule has 0 aliphatic heterocycles. The Bertz CT molecular complexity index is 1090. The molecule has 2 aromatic carbocycles. The molecule has 0 saturated heterocycles. The van der Waals surface area contributed by atoms with Crippen LogP contribution in [-0.4, -0.2) is 25.0 Å². The Morgan fingerprint density at radius 3 is 2.42 bits per heavy atom. The van der Waals surface area contributed by atoms with Crippen molar-refractivity contribution in [2.45, 2.75) is 44.8 Å². The average Bonchev–Trinajstić information content (AvgIpc) is 3.54. The van der Waals surface area contributed by atoms with Gasteiger partial charge in [-0.1, -0.05) is 6.07 Å². The number of ether oxygens (including phenoxy) is 2. The molecule has 2 amide bonds. The van der Waals surface area contributed by atoms with Crippen LogP contribution in [0.5, 0.6) is 11.5 Å². The van der Waals surface area contributed by atoms with E-state index in [2.05, 4.69) is 10.6 Å². The van der Waals surface area contributed by atoms with E-state index in [1.807, 2.05) is 25.1 Å². The van der Waals surface area contributed by atoms with Crippen molar-refractivity contribution < 1.29 is 23.5 Å². The van der Waals surface area contributed by atoms with Crippen LogP contribution in [0.2, 0.25) is 0 Å². The summed E-state index contributed by atoms with van der Waals surface area (Å²) in [5.74, 6) is 1.06. The monoisotopic (exact) mass is 448 g/mol. The lowest BCUT2D eigenvalue weighted by atomic mass is 10.1. The topological polar surface area (TPSA) is 89.8 Å². The quantitative estimate of drug-likeness (QED) is 0.485. The zero-order chi connectivity index (χ0) is 23.2. The van der Waals surface area contributed by atoms with Crippen LogP contribution in [0.1, 0.15) is 65.1 Å². The fraction of sp³-hybridized carbons (Fsp3) is 0.308. The van der Waals surface area contributed by atoms with E-state index in [4.69, 9.17) is 13.9 Å². The van der Waals surface area contributed by atoms with Gasteiger partial charge in [0, 0.05) is 11.3 Å². The van der Waals surface area contributed by atoms with Crippen molar-refractivity contribution >= 4 is 17.5 Å². The second kappa shape index (κ2) is 10.3. The van der Waals surface area contributed by atoms with Crippen LogP contribution in [-0.2, 0) is 0 Å². The van der Waals surface area contributed by atoms with Crippen molar-refractivity contribution in [2.75, 3.05) is 12.4 Å². The maximum absolute atomic E-state index is 12.7. The molecule has 1 fully saturated rings. The number of carbonyl (C=O) groups excluding carboxylic acids is 2. The van der Waals surface area contributed by atoms with Gasteiger partial charge in [0.2, 0.25) is 0 Å². The maximum Gasteiger partial charge on any atom is 0.291 e. The number of hydrogen-bond donors (Lipinski definition) is 2. The molecule has 0 radical (unpaired) electrons. The lowest BCUT2D eigenvalue weighted by Crippen LogP contribution is -2.26. The molecule has 1 aliphatic carbocycles. The number of rotatable bonds is 8. The normalized spacial score (nSPS) is 14.5. The third-order valence-corrected chi connectivity index (χ3v) is 5.78. The zero-order valence-electron chi connectivity index (χ0n) is 18.8. The van der Waals surface area contributed by atoms with Crippen LogP contribution >= 0.6 is 0 Å². The number of carbonyl (C=O) groups is 2. The van der Waals surface area contributed by atoms with Gasteiger partial charge in [0.1, 0.15) is 0 Å². The van der Waals surface area contributed by atoms with Gasteiger partial charge in [0.15, 0.2) is 17.3 Å². The van der Waals surface area contributed by atoms with Gasteiger partial charge in [-0.25, -0.2) is 0 Å². The fourth-order valence-electron chi connectivity index (χ4n) is 3.91. The molecule has 4 rings (SSSR count). The van der Waals surface area contributed by atoms with Crippen LogP contribution in [0.15, 0.2) is 65.3 Å². The van der Waals surface area contributed by atoms with E-state index in [-0.39, 0.29) is 29.7 Å². The van der Waals surface area contributed by atoms with E-state index in [0.29, 0.717) is 17.0 Å². The van der Waals surface area contributed by atoms with Gasteiger partial charge < -0.3 is 24.5 Å². The van der Waals surface area contributed by atoms with Gasteiger partial charge in [-0.15, -0.1) is 0 Å². The second-order valence-electron chi connectivity index (χ2n) is 8.14. The molecule has 2 N–H and O–H groups in total. The third-order valence-electron chi connectivity index (χ3n) is 5.78. The van der Waals surface area contributed by atoms with Crippen molar-refractivity contribution in [3.05, 3.63) is 77.7 Å². The molecule has 3 aromatic rings. The highest BCUT2D eigenvalue weighted by molar-refractivity contribution is 6.02. The van der Waals surface area contributed by atoms with E-state index in [9.17, 15) is 9.59 Å². The van der Waals surface area contributed by atoms with Crippen molar-refractivity contribution in [3.8, 4) is 11.5 Å². The lowest BCUT2D eigenvalue weighted by molar-refractivity contribution is 0.0939. The number of methoxy groups -OCH3 is 1. The van der Waals surface area contributed by atoms with E-state index in [0.717, 1.165) is 24.2 Å². The first kappa shape index (κ1) is 22.5. The van der Waals surface area contributed by atoms with Gasteiger partial charge in [-0.3, -0.25) is 9.59 Å². The first-order valence-electron chi connectivity index (χ1n) is 11.1. The summed E-state index contributed by atoms with van der Waals surface area (Å²) in [4.78, 5) is 24.8. The number of benzene rings is 2. The van der Waals surface area contributed by atoms with E-state index >= 15 is 0 Å². The van der Waals surface area contributed by atoms with Gasteiger partial charge >= 0.3 is 0 Å². The Morgan fingerprint density at radius 2 is 1.76 bits per heavy atom. The summed E-state index contributed by atoms with van der Waals surface area (Å²) in [5.41, 5.74) is 1.98. The molecule has 0 bridgehead atoms. The van der Waals surface area contributed by atoms with E-state index in [1.165, 1.54) is 19.1 Å². The highest BCUT2D eigenvalue weighted by Gasteiger charge is 2.20. The predicted molar refractivity (Wildman–Crippen MR) is 125 cm³/mol. The second-order valence-corrected chi connectivity index (χ2v) is 8.14. The van der Waals surface area contributed by atoms with Crippen molar-refractivity contribution in [2.24, 2.45) is 0 Å². The van der Waals surface area contributed by atoms with Crippen LogP contribution in [0.4, 0.5) is 5.69 Å². The number of amides is 2. The molecule has 7 nitrogen and oxygen atoms in total.